The topological polar surface area (TPSA) is 129 Å². The molecular weight excluding hydrogens is 458 g/mol. The minimum Gasteiger partial charge on any atom is -0.473 e. The molecule has 5 rings (SSSR count). The first-order valence-corrected chi connectivity index (χ1v) is 12.2. The van der Waals surface area contributed by atoms with E-state index < -0.39 is 11.8 Å². The predicted molar refractivity (Wildman–Crippen MR) is 136 cm³/mol. The summed E-state index contributed by atoms with van der Waals surface area (Å²) < 4.78 is 9.88. The Labute approximate surface area is 209 Å². The molecule has 1 saturated carbocycles. The standard InChI is InChI=1S/C25H31N9O2/c1-25(2,15-26)33-14-16(12-29-33)24-19-13-28-21(27-3)11-20(19)34(31-24)17-5-7-18(8-6-17)36-22-9-10-23(35)32(4)30-22/h9-14,17-18,23,35H,5-8H2,1-4H3,(H,27,28)/t17-,18+,23?. The highest BCUT2D eigenvalue weighted by Crippen LogP contribution is 2.36. The maximum Gasteiger partial charge on any atom is 0.230 e. The molecule has 11 nitrogen and oxygen atoms in total. The molecule has 36 heavy (non-hydrogen) atoms. The highest BCUT2D eigenvalue weighted by molar-refractivity contribution is 5.93. The van der Waals surface area contributed by atoms with Gasteiger partial charge in [0, 0.05) is 49.6 Å². The number of aliphatic hydroxyl groups is 1. The van der Waals surface area contributed by atoms with E-state index in [0.717, 1.165) is 53.7 Å². The molecule has 2 aliphatic rings. The van der Waals surface area contributed by atoms with Crippen LogP contribution in [-0.2, 0) is 10.3 Å². The van der Waals surface area contributed by atoms with E-state index in [4.69, 9.17) is 9.84 Å². The van der Waals surface area contributed by atoms with Gasteiger partial charge in [0.25, 0.3) is 0 Å². The van der Waals surface area contributed by atoms with Crippen molar-refractivity contribution < 1.29 is 9.84 Å². The molecule has 2 N–H and O–H groups in total. The van der Waals surface area contributed by atoms with Crippen LogP contribution in [-0.4, -0.2) is 67.0 Å². The van der Waals surface area contributed by atoms with Crippen LogP contribution in [0.25, 0.3) is 22.2 Å². The third-order valence-electron chi connectivity index (χ3n) is 6.88. The van der Waals surface area contributed by atoms with Crippen LogP contribution in [0.1, 0.15) is 45.6 Å². The zero-order valence-corrected chi connectivity index (χ0v) is 21.0. The summed E-state index contributed by atoms with van der Waals surface area (Å²) in [7, 11) is 3.57. The monoisotopic (exact) mass is 489 g/mol. The Morgan fingerprint density at radius 1 is 1.22 bits per heavy atom. The van der Waals surface area contributed by atoms with Crippen LogP contribution in [0.3, 0.4) is 0 Å². The highest BCUT2D eigenvalue weighted by atomic mass is 16.5. The largest absolute Gasteiger partial charge is 0.473 e. The molecule has 188 valence electrons. The van der Waals surface area contributed by atoms with Gasteiger partial charge in [-0.2, -0.15) is 15.5 Å². The molecule has 0 bridgehead atoms. The molecule has 0 aromatic carbocycles. The summed E-state index contributed by atoms with van der Waals surface area (Å²) >= 11 is 0. The predicted octanol–water partition coefficient (Wildman–Crippen LogP) is 3.23. The Morgan fingerprint density at radius 3 is 2.69 bits per heavy atom. The molecule has 1 aliphatic heterocycles. The molecule has 0 saturated heterocycles. The zero-order chi connectivity index (χ0) is 25.4. The van der Waals surface area contributed by atoms with Crippen LogP contribution in [0.2, 0.25) is 0 Å². The number of hydrazone groups is 1. The molecule has 0 spiro atoms. The summed E-state index contributed by atoms with van der Waals surface area (Å²) in [6.07, 6.45) is 11.8. The van der Waals surface area contributed by atoms with Gasteiger partial charge in [-0.15, -0.1) is 5.10 Å². The number of aliphatic hydroxyl groups excluding tert-OH is 1. The van der Waals surface area contributed by atoms with E-state index in [9.17, 15) is 10.4 Å². The molecule has 3 aromatic heterocycles. The van der Waals surface area contributed by atoms with Crippen LogP contribution >= 0.6 is 0 Å². The maximum absolute atomic E-state index is 9.76. The number of rotatable bonds is 5. The Hall–Kier alpha value is -3.91. The van der Waals surface area contributed by atoms with Crippen LogP contribution < -0.4 is 5.32 Å². The molecule has 4 heterocycles. The number of ether oxygens (including phenoxy) is 1. The van der Waals surface area contributed by atoms with Crippen LogP contribution in [0.15, 0.2) is 41.9 Å². The number of pyridine rings is 1. The first-order chi connectivity index (χ1) is 17.3. The quantitative estimate of drug-likeness (QED) is 0.559. The number of nitriles is 1. The van der Waals surface area contributed by atoms with Crippen LogP contribution in [0.4, 0.5) is 5.82 Å². The molecular formula is C25H31N9O2. The van der Waals surface area contributed by atoms with Gasteiger partial charge in [-0.3, -0.25) is 14.4 Å². The average Bonchev–Trinajstić information content (AvgIpc) is 3.52. The molecule has 11 heteroatoms. The number of hydrogen-bond acceptors (Lipinski definition) is 9. The van der Waals surface area contributed by atoms with Crippen LogP contribution in [0, 0.1) is 11.3 Å². The van der Waals surface area contributed by atoms with E-state index in [1.807, 2.05) is 39.4 Å². The molecule has 0 amide bonds. The number of aromatic nitrogens is 5. The molecule has 3 aromatic rings. The SMILES string of the molecule is CNc1cc2c(cn1)c(-c1cnn(C(C)(C)C#N)c1)nn2[C@H]1CC[C@@H](OC2=NN(C)C(O)C=C2)CC1. The number of hydrogen-bond donors (Lipinski definition) is 2. The fourth-order valence-corrected chi connectivity index (χ4v) is 4.64. The number of likely N-dealkylation sites (N-methyl/N-ethyl adjacent to an activating group) is 1. The molecule has 1 unspecified atom stereocenters. The second-order valence-corrected chi connectivity index (χ2v) is 9.81. The van der Waals surface area contributed by atoms with Gasteiger partial charge in [-0.25, -0.2) is 4.98 Å². The van der Waals surface area contributed by atoms with Gasteiger partial charge in [-0.05, 0) is 45.6 Å². The van der Waals surface area contributed by atoms with E-state index >= 15 is 0 Å². The van der Waals surface area contributed by atoms with Crippen molar-refractivity contribution in [3.8, 4) is 17.3 Å². The van der Waals surface area contributed by atoms with Crippen molar-refractivity contribution in [1.82, 2.24) is 29.6 Å². The lowest BCUT2D eigenvalue weighted by atomic mass is 9.93. The minimum atomic E-state index is -0.753. The summed E-state index contributed by atoms with van der Waals surface area (Å²) in [6.45, 7) is 3.66. The van der Waals surface area contributed by atoms with Gasteiger partial charge >= 0.3 is 0 Å². The Bertz CT molecular complexity index is 1360. The van der Waals surface area contributed by atoms with E-state index in [1.54, 1.807) is 30.1 Å². The van der Waals surface area contributed by atoms with Gasteiger partial charge in [0.2, 0.25) is 5.90 Å². The van der Waals surface area contributed by atoms with Crippen molar-refractivity contribution in [2.45, 2.75) is 63.4 Å². The van der Waals surface area contributed by atoms with E-state index in [0.29, 0.717) is 5.90 Å². The van der Waals surface area contributed by atoms with Crippen molar-refractivity contribution in [3.05, 3.63) is 36.8 Å². The van der Waals surface area contributed by atoms with Crippen molar-refractivity contribution >= 4 is 22.6 Å². The number of anilines is 1. The molecule has 0 radical (unpaired) electrons. The zero-order valence-electron chi connectivity index (χ0n) is 21.0. The number of nitrogens with zero attached hydrogens (tertiary/aromatic N) is 8. The summed E-state index contributed by atoms with van der Waals surface area (Å²) in [6, 6.07) is 4.53. The molecule has 1 aliphatic carbocycles. The van der Waals surface area contributed by atoms with Gasteiger partial charge in [0.05, 0.1) is 23.8 Å². The van der Waals surface area contributed by atoms with Gasteiger partial charge in [-0.1, -0.05) is 0 Å². The van der Waals surface area contributed by atoms with Gasteiger partial charge in [0.1, 0.15) is 23.2 Å². The van der Waals surface area contributed by atoms with Crippen molar-refractivity contribution in [2.75, 3.05) is 19.4 Å². The normalized spacial score (nSPS) is 22.4. The summed E-state index contributed by atoms with van der Waals surface area (Å²) in [5.41, 5.74) is 1.92. The fourth-order valence-electron chi connectivity index (χ4n) is 4.64. The third kappa shape index (κ3) is 4.40. The lowest BCUT2D eigenvalue weighted by Gasteiger charge is -2.30. The molecule has 1 fully saturated rings. The number of fused-ring (bicyclic) bond motifs is 1. The number of nitrogens with one attached hydrogen (secondary N) is 1. The third-order valence-corrected chi connectivity index (χ3v) is 6.88. The first kappa shape index (κ1) is 23.8. The van der Waals surface area contributed by atoms with E-state index in [-0.39, 0.29) is 12.1 Å². The summed E-state index contributed by atoms with van der Waals surface area (Å²) in [5, 5.41) is 38.6. The van der Waals surface area contributed by atoms with E-state index in [1.165, 1.54) is 5.01 Å². The summed E-state index contributed by atoms with van der Waals surface area (Å²) in [5.74, 6) is 1.31. The average molecular weight is 490 g/mol. The summed E-state index contributed by atoms with van der Waals surface area (Å²) in [4.78, 5) is 4.52. The Kier molecular flexibility index (Phi) is 6.14. The molecule has 1 atom stereocenters. The first-order valence-electron chi connectivity index (χ1n) is 12.2. The second-order valence-electron chi connectivity index (χ2n) is 9.81. The minimum absolute atomic E-state index is 0.0653. The Balaban J connectivity index is 1.40. The maximum atomic E-state index is 9.76. The van der Waals surface area contributed by atoms with E-state index in [2.05, 4.69) is 31.3 Å². The van der Waals surface area contributed by atoms with Crippen molar-refractivity contribution in [1.29, 1.82) is 5.26 Å². The lowest BCUT2D eigenvalue weighted by molar-refractivity contribution is 0.0532. The smallest absolute Gasteiger partial charge is 0.230 e. The van der Waals surface area contributed by atoms with Gasteiger partial charge in [0.15, 0.2) is 6.23 Å². The lowest BCUT2D eigenvalue weighted by Crippen LogP contribution is -2.32. The fraction of sp³-hybridized carbons (Fsp3) is 0.480. The van der Waals surface area contributed by atoms with Gasteiger partial charge < -0.3 is 15.2 Å². The van der Waals surface area contributed by atoms with Crippen LogP contribution in [0.5, 0.6) is 0 Å². The van der Waals surface area contributed by atoms with Crippen molar-refractivity contribution in [2.24, 2.45) is 5.10 Å². The second kappa shape index (κ2) is 9.28. The Morgan fingerprint density at radius 2 is 2.00 bits per heavy atom. The highest BCUT2D eigenvalue weighted by Gasteiger charge is 2.28. The van der Waals surface area contributed by atoms with Crippen molar-refractivity contribution in [3.63, 3.8) is 0 Å².